The molecule has 0 spiro atoms. The summed E-state index contributed by atoms with van der Waals surface area (Å²) in [5.41, 5.74) is 8.29. The lowest BCUT2D eigenvalue weighted by Gasteiger charge is -1.99. The van der Waals surface area contributed by atoms with Crippen molar-refractivity contribution < 1.29 is 37.5 Å². The Morgan fingerprint density at radius 3 is 1.55 bits per heavy atom. The van der Waals surface area contributed by atoms with E-state index >= 15 is 0 Å². The summed E-state index contributed by atoms with van der Waals surface area (Å²) in [6, 6.07) is 17.2. The minimum atomic E-state index is -1.04. The molecule has 40 heavy (non-hydrogen) atoms. The molecule has 12 heteroatoms. The number of hydrazone groups is 2. The highest BCUT2D eigenvalue weighted by Crippen LogP contribution is 2.29. The first-order valence-electron chi connectivity index (χ1n) is 11.9. The van der Waals surface area contributed by atoms with Crippen molar-refractivity contribution in [1.82, 2.24) is 10.9 Å². The molecule has 2 aliphatic rings. The SMILES string of the molecule is O=C(NN=Cc1ccc(-c2ccc3c(c2)COC3=O)o1)C(=O)N/N=C\c1ccc(-c2ccc3c(c2)COC3=O)o1. The van der Waals surface area contributed by atoms with Gasteiger partial charge < -0.3 is 18.3 Å². The van der Waals surface area contributed by atoms with E-state index in [1.165, 1.54) is 12.4 Å². The molecule has 2 aromatic heterocycles. The molecule has 0 radical (unpaired) electrons. The van der Waals surface area contributed by atoms with Crippen LogP contribution in [-0.4, -0.2) is 36.2 Å². The smallest absolute Gasteiger partial charge is 0.338 e. The van der Waals surface area contributed by atoms with Crippen molar-refractivity contribution in [3.63, 3.8) is 0 Å². The molecule has 2 aromatic carbocycles. The van der Waals surface area contributed by atoms with E-state index in [1.54, 1.807) is 48.5 Å². The molecule has 0 aliphatic carbocycles. The molecule has 4 heterocycles. The molecule has 12 nitrogen and oxygen atoms in total. The average Bonchev–Trinajstić information content (AvgIpc) is 3.76. The highest BCUT2D eigenvalue weighted by atomic mass is 16.5. The zero-order valence-corrected chi connectivity index (χ0v) is 20.5. The zero-order chi connectivity index (χ0) is 27.6. The number of nitrogens with zero attached hydrogens (tertiary/aromatic N) is 2. The molecule has 6 rings (SSSR count). The van der Waals surface area contributed by atoms with Gasteiger partial charge in [-0.05, 0) is 48.5 Å². The van der Waals surface area contributed by atoms with E-state index in [-0.39, 0.29) is 25.2 Å². The number of esters is 2. The van der Waals surface area contributed by atoms with E-state index in [4.69, 9.17) is 18.3 Å². The Hall–Kier alpha value is -5.78. The Morgan fingerprint density at radius 1 is 0.650 bits per heavy atom. The van der Waals surface area contributed by atoms with Gasteiger partial charge in [-0.25, -0.2) is 20.4 Å². The van der Waals surface area contributed by atoms with Crippen LogP contribution < -0.4 is 10.9 Å². The highest BCUT2D eigenvalue weighted by Gasteiger charge is 2.23. The van der Waals surface area contributed by atoms with Crippen molar-refractivity contribution >= 4 is 36.2 Å². The molecule has 4 aromatic rings. The third-order valence-electron chi connectivity index (χ3n) is 6.11. The van der Waals surface area contributed by atoms with Gasteiger partial charge in [0, 0.05) is 22.3 Å². The molecular weight excluding hydrogens is 520 g/mol. The van der Waals surface area contributed by atoms with Crippen molar-refractivity contribution in [3.8, 4) is 22.6 Å². The summed E-state index contributed by atoms with van der Waals surface area (Å²) >= 11 is 0. The van der Waals surface area contributed by atoms with Crippen LogP contribution in [0.15, 0.2) is 79.7 Å². The van der Waals surface area contributed by atoms with E-state index in [0.717, 1.165) is 22.3 Å². The minimum absolute atomic E-state index is 0.215. The molecule has 2 aliphatic heterocycles. The van der Waals surface area contributed by atoms with Gasteiger partial charge in [0.05, 0.1) is 23.6 Å². The van der Waals surface area contributed by atoms with Crippen LogP contribution in [0.3, 0.4) is 0 Å². The highest BCUT2D eigenvalue weighted by molar-refractivity contribution is 6.35. The normalized spacial score (nSPS) is 13.8. The summed E-state index contributed by atoms with van der Waals surface area (Å²) in [5.74, 6) is -1.06. The van der Waals surface area contributed by atoms with Crippen LogP contribution in [-0.2, 0) is 32.3 Å². The van der Waals surface area contributed by atoms with Crippen molar-refractivity contribution in [1.29, 1.82) is 0 Å². The molecule has 0 unspecified atom stereocenters. The predicted octanol–water partition coefficient (Wildman–Crippen LogP) is 3.15. The lowest BCUT2D eigenvalue weighted by atomic mass is 10.0. The van der Waals surface area contributed by atoms with Crippen molar-refractivity contribution in [3.05, 3.63) is 94.4 Å². The number of hydrogen-bond acceptors (Lipinski definition) is 10. The van der Waals surface area contributed by atoms with Crippen LogP contribution in [0, 0.1) is 0 Å². The van der Waals surface area contributed by atoms with Gasteiger partial charge in [-0.15, -0.1) is 0 Å². The first kappa shape index (κ1) is 24.6. The quantitative estimate of drug-likeness (QED) is 0.164. The zero-order valence-electron chi connectivity index (χ0n) is 20.5. The molecule has 0 fully saturated rings. The average molecular weight is 538 g/mol. The summed E-state index contributed by atoms with van der Waals surface area (Å²) < 4.78 is 21.4. The number of amides is 2. The Kier molecular flexibility index (Phi) is 6.24. The fourth-order valence-corrected chi connectivity index (χ4v) is 4.14. The maximum atomic E-state index is 12.0. The van der Waals surface area contributed by atoms with Crippen LogP contribution in [0.5, 0.6) is 0 Å². The maximum absolute atomic E-state index is 12.0. The molecule has 0 saturated carbocycles. The van der Waals surface area contributed by atoms with Crippen LogP contribution in [0.25, 0.3) is 22.6 Å². The predicted molar refractivity (Wildman–Crippen MR) is 138 cm³/mol. The summed E-state index contributed by atoms with van der Waals surface area (Å²) in [4.78, 5) is 47.2. The van der Waals surface area contributed by atoms with Gasteiger partial charge in [-0.3, -0.25) is 9.59 Å². The van der Waals surface area contributed by atoms with Crippen molar-refractivity contribution in [2.45, 2.75) is 13.2 Å². The minimum Gasteiger partial charge on any atom is -0.457 e. The van der Waals surface area contributed by atoms with Crippen molar-refractivity contribution in [2.24, 2.45) is 10.2 Å². The largest absolute Gasteiger partial charge is 0.457 e. The standard InChI is InChI=1S/C28H18N4O8/c33-25(31-29-11-19-3-7-23(39-19)15-1-5-21-17(9-15)13-37-27(21)35)26(34)32-30-12-20-4-8-24(40-20)16-2-6-22-18(10-16)14-38-28(22)36/h1-12H,13-14H2,(H,31,33)(H,32,34)/b29-11-,30-12?. The number of rotatable bonds is 6. The topological polar surface area (TPSA) is 162 Å². The monoisotopic (exact) mass is 538 g/mol. The fourth-order valence-electron chi connectivity index (χ4n) is 4.14. The van der Waals surface area contributed by atoms with Gasteiger partial charge in [0.2, 0.25) is 0 Å². The van der Waals surface area contributed by atoms with E-state index in [9.17, 15) is 19.2 Å². The van der Waals surface area contributed by atoms with Crippen LogP contribution in [0.1, 0.15) is 43.4 Å². The fraction of sp³-hybridized carbons (Fsp3) is 0.0714. The van der Waals surface area contributed by atoms with Crippen LogP contribution in [0.2, 0.25) is 0 Å². The third kappa shape index (κ3) is 4.88. The summed E-state index contributed by atoms with van der Waals surface area (Å²) in [5, 5.41) is 7.45. The van der Waals surface area contributed by atoms with Gasteiger partial charge >= 0.3 is 23.8 Å². The van der Waals surface area contributed by atoms with Crippen molar-refractivity contribution in [2.75, 3.05) is 0 Å². The van der Waals surface area contributed by atoms with Gasteiger partial charge in [0.15, 0.2) is 0 Å². The second kappa shape index (κ2) is 10.2. The van der Waals surface area contributed by atoms with E-state index < -0.39 is 11.8 Å². The van der Waals surface area contributed by atoms with Crippen LogP contribution in [0.4, 0.5) is 0 Å². The Labute approximate surface area is 225 Å². The lowest BCUT2D eigenvalue weighted by molar-refractivity contribution is -0.139. The number of cyclic esters (lactones) is 2. The van der Waals surface area contributed by atoms with E-state index in [1.807, 2.05) is 12.1 Å². The van der Waals surface area contributed by atoms with E-state index in [2.05, 4.69) is 21.1 Å². The molecule has 0 bridgehead atoms. The molecule has 2 N–H and O–H groups in total. The van der Waals surface area contributed by atoms with Crippen LogP contribution >= 0.6 is 0 Å². The summed E-state index contributed by atoms with van der Waals surface area (Å²) in [7, 11) is 0. The number of nitrogens with one attached hydrogen (secondary N) is 2. The number of furan rings is 2. The Balaban J connectivity index is 1.00. The number of hydrogen-bond donors (Lipinski definition) is 2. The van der Waals surface area contributed by atoms with E-state index in [0.29, 0.717) is 34.2 Å². The van der Waals surface area contributed by atoms with Gasteiger partial charge in [0.25, 0.3) is 0 Å². The number of ether oxygens (including phenoxy) is 2. The Bertz CT molecular complexity index is 1620. The Morgan fingerprint density at radius 2 is 1.10 bits per heavy atom. The third-order valence-corrected chi connectivity index (χ3v) is 6.11. The molecule has 2 amide bonds. The summed E-state index contributed by atoms with van der Waals surface area (Å²) in [6.45, 7) is 0.431. The number of fused-ring (bicyclic) bond motifs is 2. The number of benzene rings is 2. The molecule has 0 atom stereocenters. The molecule has 0 saturated heterocycles. The van der Waals surface area contributed by atoms with Gasteiger partial charge in [-0.1, -0.05) is 12.1 Å². The molecular formula is C28H18N4O8. The van der Waals surface area contributed by atoms with Gasteiger partial charge in [-0.2, -0.15) is 10.2 Å². The molecule has 198 valence electrons. The van der Waals surface area contributed by atoms with Gasteiger partial charge in [0.1, 0.15) is 36.3 Å². The lowest BCUT2D eigenvalue weighted by Crippen LogP contribution is -2.35. The second-order valence-corrected chi connectivity index (χ2v) is 8.70. The number of carbonyl (C=O) groups excluding carboxylic acids is 4. The first-order valence-corrected chi connectivity index (χ1v) is 11.9. The summed E-state index contributed by atoms with van der Waals surface area (Å²) in [6.07, 6.45) is 2.48. The second-order valence-electron chi connectivity index (χ2n) is 8.70. The number of carbonyl (C=O) groups is 4. The maximum Gasteiger partial charge on any atom is 0.338 e. The first-order chi connectivity index (χ1) is 19.4.